The summed E-state index contributed by atoms with van der Waals surface area (Å²) in [5.74, 6) is 0.779. The van der Waals surface area contributed by atoms with Crippen molar-refractivity contribution in [1.29, 1.82) is 0 Å². The molecule has 226 valence electrons. The van der Waals surface area contributed by atoms with Crippen LogP contribution < -0.4 is 24.8 Å². The lowest BCUT2D eigenvalue weighted by atomic mass is 10.0. The first-order chi connectivity index (χ1) is 20.5. The van der Waals surface area contributed by atoms with Gasteiger partial charge in [-0.05, 0) is 56.5 Å². The number of hydrogen-bond acceptors (Lipinski definition) is 9. The minimum atomic E-state index is -0.704. The predicted molar refractivity (Wildman–Crippen MR) is 164 cm³/mol. The standard InChI is InChI=1S/C31H34N4O7S/c1-31(2,3)42-30(38)35-23(18-43-28(35)20-10-8-12-32-16-20)17-33-29(37)34-22-11-7-9-19(13-22)26(36)21-14-24(39-4)27(41-6)25(15-21)40-5/h7-16,18,28H,17H2,1-6H3,(H2,33,34,37). The molecule has 2 N–H and O–H groups in total. The normalized spacial score (nSPS) is 14.4. The number of anilines is 1. The van der Waals surface area contributed by atoms with Crippen molar-refractivity contribution < 1.29 is 33.3 Å². The van der Waals surface area contributed by atoms with Gasteiger partial charge in [-0.3, -0.25) is 14.7 Å². The van der Waals surface area contributed by atoms with Crippen LogP contribution in [-0.2, 0) is 4.74 Å². The molecule has 1 atom stereocenters. The number of urea groups is 1. The molecule has 0 bridgehead atoms. The van der Waals surface area contributed by atoms with Gasteiger partial charge in [-0.15, -0.1) is 11.8 Å². The fourth-order valence-corrected chi connectivity index (χ4v) is 5.40. The van der Waals surface area contributed by atoms with E-state index in [0.29, 0.717) is 39.8 Å². The van der Waals surface area contributed by atoms with Crippen molar-refractivity contribution >= 4 is 35.4 Å². The summed E-state index contributed by atoms with van der Waals surface area (Å²) < 4.78 is 21.7. The summed E-state index contributed by atoms with van der Waals surface area (Å²) >= 11 is 1.42. The number of carbonyl (C=O) groups excluding carboxylic acids is 3. The van der Waals surface area contributed by atoms with Gasteiger partial charge >= 0.3 is 12.1 Å². The third-order valence-electron chi connectivity index (χ3n) is 6.18. The van der Waals surface area contributed by atoms with Gasteiger partial charge in [0.05, 0.1) is 33.6 Å². The zero-order valence-electron chi connectivity index (χ0n) is 24.8. The molecule has 0 radical (unpaired) electrons. The van der Waals surface area contributed by atoms with Gasteiger partial charge in [0.25, 0.3) is 0 Å². The molecule has 11 nitrogen and oxygen atoms in total. The Morgan fingerprint density at radius 2 is 1.67 bits per heavy atom. The van der Waals surface area contributed by atoms with E-state index in [2.05, 4.69) is 15.6 Å². The van der Waals surface area contributed by atoms with Crippen LogP contribution in [-0.4, -0.2) is 61.3 Å². The molecule has 3 aromatic rings. The second-order valence-electron chi connectivity index (χ2n) is 10.4. The number of pyridine rings is 1. The Labute approximate surface area is 254 Å². The molecular formula is C31H34N4O7S. The summed E-state index contributed by atoms with van der Waals surface area (Å²) in [5.41, 5.74) is 1.76. The molecule has 2 heterocycles. The van der Waals surface area contributed by atoms with E-state index in [1.165, 1.54) is 38.0 Å². The molecule has 0 aliphatic carbocycles. The molecule has 0 fully saturated rings. The topological polar surface area (TPSA) is 128 Å². The zero-order chi connectivity index (χ0) is 31.1. The number of methoxy groups -OCH3 is 3. The van der Waals surface area contributed by atoms with E-state index in [1.807, 2.05) is 11.5 Å². The molecule has 1 aromatic heterocycles. The average molecular weight is 607 g/mol. The van der Waals surface area contributed by atoms with E-state index < -0.39 is 17.7 Å². The van der Waals surface area contributed by atoms with Crippen molar-refractivity contribution in [3.8, 4) is 17.2 Å². The van der Waals surface area contributed by atoms with E-state index in [1.54, 1.807) is 75.6 Å². The molecule has 3 amide bonds. The van der Waals surface area contributed by atoms with Crippen LogP contribution in [0.1, 0.15) is 47.6 Å². The van der Waals surface area contributed by atoms with Crippen molar-refractivity contribution in [2.45, 2.75) is 31.7 Å². The highest BCUT2D eigenvalue weighted by atomic mass is 32.2. The van der Waals surface area contributed by atoms with Crippen LogP contribution in [0.3, 0.4) is 0 Å². The first-order valence-electron chi connectivity index (χ1n) is 13.3. The quantitative estimate of drug-likeness (QED) is 0.283. The first kappa shape index (κ1) is 31.2. The van der Waals surface area contributed by atoms with Crippen LogP contribution in [0, 0.1) is 0 Å². The molecule has 0 saturated carbocycles. The summed E-state index contributed by atoms with van der Waals surface area (Å²) in [5, 5.41) is 6.97. The second kappa shape index (κ2) is 13.5. The highest BCUT2D eigenvalue weighted by Crippen LogP contribution is 2.43. The minimum Gasteiger partial charge on any atom is -0.493 e. The molecule has 0 spiro atoms. The monoisotopic (exact) mass is 606 g/mol. The predicted octanol–water partition coefficient (Wildman–Crippen LogP) is 5.98. The maximum absolute atomic E-state index is 13.3. The molecule has 4 rings (SSSR count). The Morgan fingerprint density at radius 3 is 2.28 bits per heavy atom. The smallest absolute Gasteiger partial charge is 0.415 e. The number of thioether (sulfide) groups is 1. The maximum Gasteiger partial charge on any atom is 0.415 e. The fourth-order valence-electron chi connectivity index (χ4n) is 4.28. The Kier molecular flexibility index (Phi) is 9.81. The van der Waals surface area contributed by atoms with Crippen LogP contribution in [0.15, 0.2) is 72.0 Å². The van der Waals surface area contributed by atoms with Crippen molar-refractivity contribution in [3.05, 3.63) is 88.7 Å². The van der Waals surface area contributed by atoms with Crippen LogP contribution in [0.2, 0.25) is 0 Å². The highest BCUT2D eigenvalue weighted by molar-refractivity contribution is 8.02. The van der Waals surface area contributed by atoms with E-state index >= 15 is 0 Å². The van der Waals surface area contributed by atoms with Gasteiger partial charge in [0, 0.05) is 34.8 Å². The minimum absolute atomic E-state index is 0.0545. The Bertz CT molecular complexity index is 1500. The van der Waals surface area contributed by atoms with Gasteiger partial charge in [-0.2, -0.15) is 0 Å². The van der Waals surface area contributed by atoms with E-state index in [9.17, 15) is 14.4 Å². The SMILES string of the molecule is COc1cc(C(=O)c2cccc(NC(=O)NCC3=CSC(c4cccnc4)N3C(=O)OC(C)(C)C)c2)cc(OC)c1OC. The Hall–Kier alpha value is -4.71. The van der Waals surface area contributed by atoms with Crippen LogP contribution in [0.4, 0.5) is 15.3 Å². The highest BCUT2D eigenvalue weighted by Gasteiger charge is 2.36. The number of rotatable bonds is 9. The number of nitrogens with zero attached hydrogens (tertiary/aromatic N) is 2. The molecule has 1 aliphatic heterocycles. The lowest BCUT2D eigenvalue weighted by Gasteiger charge is -2.30. The van der Waals surface area contributed by atoms with Crippen molar-refractivity contribution in [2.75, 3.05) is 33.2 Å². The summed E-state index contributed by atoms with van der Waals surface area (Å²) in [7, 11) is 4.43. The summed E-state index contributed by atoms with van der Waals surface area (Å²) in [6.45, 7) is 5.44. The molecular weight excluding hydrogens is 572 g/mol. The number of benzene rings is 2. The number of ketones is 1. The molecule has 0 saturated heterocycles. The molecule has 1 unspecified atom stereocenters. The van der Waals surface area contributed by atoms with E-state index in [-0.39, 0.29) is 17.7 Å². The number of carbonyl (C=O) groups is 3. The maximum atomic E-state index is 13.3. The first-order valence-corrected chi connectivity index (χ1v) is 14.2. The van der Waals surface area contributed by atoms with Crippen LogP contribution in [0.5, 0.6) is 17.2 Å². The fraction of sp³-hybridized carbons (Fsp3) is 0.290. The summed E-state index contributed by atoms with van der Waals surface area (Å²) in [6, 6.07) is 12.9. The average Bonchev–Trinajstić information content (AvgIpc) is 3.43. The molecule has 12 heteroatoms. The Morgan fingerprint density at radius 1 is 0.953 bits per heavy atom. The number of ether oxygens (including phenoxy) is 4. The van der Waals surface area contributed by atoms with Gasteiger partial charge in [0.1, 0.15) is 11.0 Å². The van der Waals surface area contributed by atoms with E-state index in [4.69, 9.17) is 18.9 Å². The largest absolute Gasteiger partial charge is 0.493 e. The third-order valence-corrected chi connectivity index (χ3v) is 7.33. The lowest BCUT2D eigenvalue weighted by Crippen LogP contribution is -2.40. The second-order valence-corrected chi connectivity index (χ2v) is 11.3. The zero-order valence-corrected chi connectivity index (χ0v) is 25.6. The Balaban J connectivity index is 1.45. The molecule has 43 heavy (non-hydrogen) atoms. The lowest BCUT2D eigenvalue weighted by molar-refractivity contribution is 0.0297. The number of amides is 3. The van der Waals surface area contributed by atoms with E-state index in [0.717, 1.165) is 5.56 Å². The molecule has 1 aliphatic rings. The summed E-state index contributed by atoms with van der Waals surface area (Å²) in [4.78, 5) is 45.1. The van der Waals surface area contributed by atoms with Crippen molar-refractivity contribution in [2.24, 2.45) is 0 Å². The van der Waals surface area contributed by atoms with Gasteiger partial charge < -0.3 is 29.6 Å². The van der Waals surface area contributed by atoms with Crippen molar-refractivity contribution in [3.63, 3.8) is 0 Å². The van der Waals surface area contributed by atoms with Crippen LogP contribution >= 0.6 is 11.8 Å². The van der Waals surface area contributed by atoms with Gasteiger partial charge in [0.2, 0.25) is 5.75 Å². The molecule has 2 aromatic carbocycles. The van der Waals surface area contributed by atoms with Gasteiger partial charge in [-0.25, -0.2) is 9.59 Å². The third kappa shape index (κ3) is 7.58. The van der Waals surface area contributed by atoms with Crippen LogP contribution in [0.25, 0.3) is 0 Å². The number of hydrogen-bond donors (Lipinski definition) is 2. The number of nitrogens with one attached hydrogen (secondary N) is 2. The number of aromatic nitrogens is 1. The van der Waals surface area contributed by atoms with Gasteiger partial charge in [-0.1, -0.05) is 18.2 Å². The summed E-state index contributed by atoms with van der Waals surface area (Å²) in [6.07, 6.45) is 2.82. The van der Waals surface area contributed by atoms with Crippen molar-refractivity contribution in [1.82, 2.24) is 15.2 Å². The van der Waals surface area contributed by atoms with Gasteiger partial charge in [0.15, 0.2) is 17.3 Å².